The quantitative estimate of drug-likeness (QED) is 0.592. The Kier molecular flexibility index (Phi) is 8.98. The highest BCUT2D eigenvalue weighted by Gasteiger charge is 2.31. The van der Waals surface area contributed by atoms with Gasteiger partial charge in [-0.15, -0.1) is 0 Å². The summed E-state index contributed by atoms with van der Waals surface area (Å²) in [5.74, 6) is -0.686. The van der Waals surface area contributed by atoms with Crippen molar-refractivity contribution >= 4 is 21.8 Å². The van der Waals surface area contributed by atoms with Crippen molar-refractivity contribution in [2.45, 2.75) is 57.6 Å². The minimum atomic E-state index is -3.84. The van der Waals surface area contributed by atoms with E-state index in [1.165, 1.54) is 24.1 Å². The molecule has 0 radical (unpaired) electrons. The zero-order chi connectivity index (χ0) is 23.9. The maximum atomic E-state index is 13.3. The third-order valence-corrected chi connectivity index (χ3v) is 6.92. The number of carbonyl (C=O) groups excluding carboxylic acids is 2. The number of benzene rings is 2. The molecule has 0 aliphatic rings. The van der Waals surface area contributed by atoms with Crippen LogP contribution in [0, 0.1) is 6.92 Å². The van der Waals surface area contributed by atoms with Crippen LogP contribution in [0.3, 0.4) is 0 Å². The number of rotatable bonds is 10. The molecule has 0 spiro atoms. The van der Waals surface area contributed by atoms with Crippen molar-refractivity contribution in [1.82, 2.24) is 14.5 Å². The third-order valence-electron chi connectivity index (χ3n) is 5.10. The normalized spacial score (nSPS) is 12.6. The molecule has 0 aliphatic heterocycles. The molecule has 0 bridgehead atoms. The van der Waals surface area contributed by atoms with Crippen molar-refractivity contribution in [2.75, 3.05) is 13.6 Å². The summed E-state index contributed by atoms with van der Waals surface area (Å²) in [6.45, 7) is 7.27. The highest BCUT2D eigenvalue weighted by atomic mass is 32.2. The molecule has 2 aromatic carbocycles. The topological polar surface area (TPSA) is 86.8 Å². The third kappa shape index (κ3) is 6.64. The molecule has 0 heterocycles. The number of carbonyl (C=O) groups is 2. The summed E-state index contributed by atoms with van der Waals surface area (Å²) in [5, 5.41) is 2.86. The molecule has 8 heteroatoms. The molecule has 1 N–H and O–H groups in total. The standard InChI is InChI=1S/C24H33N3O4S/c1-6-22(24(29)25-18(2)3)27(16-20-10-8-7-9-11-20)23(28)17-26(5)32(30,31)21-14-12-19(4)13-15-21/h7-15,18,22H,6,16-17H2,1-5H3,(H,25,29). The van der Waals surface area contributed by atoms with Crippen LogP contribution in [-0.2, 0) is 26.2 Å². The fourth-order valence-corrected chi connectivity index (χ4v) is 4.46. The summed E-state index contributed by atoms with van der Waals surface area (Å²) >= 11 is 0. The Hall–Kier alpha value is -2.71. The Labute approximate surface area is 191 Å². The fraction of sp³-hybridized carbons (Fsp3) is 0.417. The number of hydrogen-bond acceptors (Lipinski definition) is 4. The lowest BCUT2D eigenvalue weighted by atomic mass is 10.1. The smallest absolute Gasteiger partial charge is 0.243 e. The van der Waals surface area contributed by atoms with Crippen molar-refractivity contribution in [3.05, 3.63) is 65.7 Å². The van der Waals surface area contributed by atoms with Gasteiger partial charge in [0.15, 0.2) is 0 Å². The van der Waals surface area contributed by atoms with E-state index in [0.29, 0.717) is 6.42 Å². The van der Waals surface area contributed by atoms with E-state index in [1.807, 2.05) is 58.0 Å². The molecule has 2 amide bonds. The van der Waals surface area contributed by atoms with Crippen LogP contribution in [0.2, 0.25) is 0 Å². The second-order valence-electron chi connectivity index (χ2n) is 8.17. The first-order chi connectivity index (χ1) is 15.1. The summed E-state index contributed by atoms with van der Waals surface area (Å²) in [6.07, 6.45) is 0.408. The van der Waals surface area contributed by atoms with E-state index in [1.54, 1.807) is 12.1 Å². The summed E-state index contributed by atoms with van der Waals surface area (Å²) in [6, 6.07) is 15.1. The molecule has 2 aromatic rings. The zero-order valence-corrected chi connectivity index (χ0v) is 20.2. The summed E-state index contributed by atoms with van der Waals surface area (Å²) in [5.41, 5.74) is 1.80. The number of aryl methyl sites for hydroxylation is 1. The molecule has 0 aliphatic carbocycles. The van der Waals surface area contributed by atoms with E-state index in [0.717, 1.165) is 15.4 Å². The number of sulfonamides is 1. The Balaban J connectivity index is 2.29. The lowest BCUT2D eigenvalue weighted by molar-refractivity contribution is -0.141. The Morgan fingerprint density at radius 2 is 1.59 bits per heavy atom. The molecule has 174 valence electrons. The number of amides is 2. The summed E-state index contributed by atoms with van der Waals surface area (Å²) in [7, 11) is -2.47. The highest BCUT2D eigenvalue weighted by Crippen LogP contribution is 2.17. The van der Waals surface area contributed by atoms with Crippen molar-refractivity contribution in [3.8, 4) is 0 Å². The average Bonchev–Trinajstić information content (AvgIpc) is 2.74. The first kappa shape index (κ1) is 25.5. The molecule has 0 aromatic heterocycles. The van der Waals surface area contributed by atoms with Crippen molar-refractivity contribution in [3.63, 3.8) is 0 Å². The van der Waals surface area contributed by atoms with Gasteiger partial charge in [0.1, 0.15) is 6.04 Å². The second-order valence-corrected chi connectivity index (χ2v) is 10.2. The molecule has 0 saturated heterocycles. The minimum absolute atomic E-state index is 0.0742. The average molecular weight is 460 g/mol. The molecule has 1 unspecified atom stereocenters. The SMILES string of the molecule is CCC(C(=O)NC(C)C)N(Cc1ccccc1)C(=O)CN(C)S(=O)(=O)c1ccc(C)cc1. The van der Waals surface area contributed by atoms with Crippen molar-refractivity contribution in [2.24, 2.45) is 0 Å². The molecular formula is C24H33N3O4S. The summed E-state index contributed by atoms with van der Waals surface area (Å²) in [4.78, 5) is 27.7. The van der Waals surface area contributed by atoms with Crippen LogP contribution in [0.5, 0.6) is 0 Å². The number of hydrogen-bond donors (Lipinski definition) is 1. The highest BCUT2D eigenvalue weighted by molar-refractivity contribution is 7.89. The van der Waals surface area contributed by atoms with Gasteiger partial charge in [-0.3, -0.25) is 9.59 Å². The molecule has 32 heavy (non-hydrogen) atoms. The van der Waals surface area contributed by atoms with Crippen LogP contribution in [0.1, 0.15) is 38.3 Å². The van der Waals surface area contributed by atoms with Gasteiger partial charge in [-0.1, -0.05) is 55.0 Å². The molecule has 1 atom stereocenters. The number of nitrogens with zero attached hydrogens (tertiary/aromatic N) is 2. The maximum absolute atomic E-state index is 13.3. The van der Waals surface area contributed by atoms with Crippen LogP contribution < -0.4 is 5.32 Å². The monoisotopic (exact) mass is 459 g/mol. The Bertz CT molecular complexity index is 1010. The van der Waals surface area contributed by atoms with Crippen LogP contribution in [0.25, 0.3) is 0 Å². The lowest BCUT2D eigenvalue weighted by Crippen LogP contribution is -2.52. The summed E-state index contributed by atoms with van der Waals surface area (Å²) < 4.78 is 26.9. The Morgan fingerprint density at radius 1 is 1.00 bits per heavy atom. The van der Waals surface area contributed by atoms with Crippen LogP contribution in [0.4, 0.5) is 0 Å². The van der Waals surface area contributed by atoms with Crippen LogP contribution in [-0.4, -0.2) is 55.1 Å². The van der Waals surface area contributed by atoms with Crippen molar-refractivity contribution in [1.29, 1.82) is 0 Å². The van der Waals surface area contributed by atoms with Gasteiger partial charge in [0.25, 0.3) is 0 Å². The molecular weight excluding hydrogens is 426 g/mol. The van der Waals surface area contributed by atoms with E-state index in [9.17, 15) is 18.0 Å². The molecule has 2 rings (SSSR count). The van der Waals surface area contributed by atoms with Gasteiger partial charge in [0.05, 0.1) is 11.4 Å². The van der Waals surface area contributed by atoms with Gasteiger partial charge in [0.2, 0.25) is 21.8 Å². The minimum Gasteiger partial charge on any atom is -0.352 e. The van der Waals surface area contributed by atoms with Gasteiger partial charge < -0.3 is 10.2 Å². The van der Waals surface area contributed by atoms with E-state index in [2.05, 4.69) is 5.32 Å². The molecule has 0 fully saturated rings. The van der Waals surface area contributed by atoms with E-state index < -0.39 is 22.0 Å². The largest absolute Gasteiger partial charge is 0.352 e. The molecule has 7 nitrogen and oxygen atoms in total. The van der Waals surface area contributed by atoms with E-state index in [-0.39, 0.29) is 29.9 Å². The van der Waals surface area contributed by atoms with Crippen LogP contribution in [0.15, 0.2) is 59.5 Å². The zero-order valence-electron chi connectivity index (χ0n) is 19.4. The van der Waals surface area contributed by atoms with Gasteiger partial charge >= 0.3 is 0 Å². The first-order valence-corrected chi connectivity index (χ1v) is 12.2. The first-order valence-electron chi connectivity index (χ1n) is 10.7. The van der Waals surface area contributed by atoms with Crippen molar-refractivity contribution < 1.29 is 18.0 Å². The predicted octanol–water partition coefficient (Wildman–Crippen LogP) is 2.95. The van der Waals surface area contributed by atoms with Gasteiger partial charge in [-0.2, -0.15) is 4.31 Å². The second kappa shape index (κ2) is 11.2. The predicted molar refractivity (Wildman–Crippen MR) is 125 cm³/mol. The fourth-order valence-electron chi connectivity index (χ4n) is 3.34. The number of nitrogens with one attached hydrogen (secondary N) is 1. The van der Waals surface area contributed by atoms with E-state index >= 15 is 0 Å². The van der Waals surface area contributed by atoms with Gasteiger partial charge in [0, 0.05) is 19.6 Å². The lowest BCUT2D eigenvalue weighted by Gasteiger charge is -2.32. The van der Waals surface area contributed by atoms with Gasteiger partial charge in [-0.05, 0) is 44.9 Å². The van der Waals surface area contributed by atoms with Gasteiger partial charge in [-0.25, -0.2) is 8.42 Å². The maximum Gasteiger partial charge on any atom is 0.243 e. The molecule has 0 saturated carbocycles. The Morgan fingerprint density at radius 3 is 2.12 bits per heavy atom. The van der Waals surface area contributed by atoms with Crippen LogP contribution >= 0.6 is 0 Å². The number of likely N-dealkylation sites (N-methyl/N-ethyl adjacent to an activating group) is 1. The van der Waals surface area contributed by atoms with E-state index in [4.69, 9.17) is 0 Å².